The second-order valence-corrected chi connectivity index (χ2v) is 7.60. The zero-order valence-corrected chi connectivity index (χ0v) is 16.4. The van der Waals surface area contributed by atoms with E-state index < -0.39 is 0 Å². The first-order valence-electron chi connectivity index (χ1n) is 10.2. The lowest BCUT2D eigenvalue weighted by Crippen LogP contribution is -2.09. The fourth-order valence-electron chi connectivity index (χ4n) is 4.32. The Labute approximate surface area is 175 Å². The topological polar surface area (TPSA) is 19.0 Å². The van der Waals surface area contributed by atoms with Gasteiger partial charge in [0.25, 0.3) is 0 Å². The Morgan fingerprint density at radius 2 is 1.10 bits per heavy atom. The third-order valence-electron chi connectivity index (χ3n) is 5.75. The predicted octanol–water partition coefficient (Wildman–Crippen LogP) is 7.94. The monoisotopic (exact) mass is 384 g/mol. The van der Waals surface area contributed by atoms with Crippen molar-refractivity contribution in [3.05, 3.63) is 115 Å². The maximum atomic E-state index is 3.53. The van der Waals surface area contributed by atoms with Crippen LogP contribution in [0.25, 0.3) is 32.6 Å². The highest BCUT2D eigenvalue weighted by atomic mass is 15.1. The molecule has 0 bridgehead atoms. The van der Waals surface area contributed by atoms with Crippen molar-refractivity contribution >= 4 is 49.6 Å². The molecule has 1 aromatic heterocycles. The number of rotatable bonds is 3. The number of aromatic nitrogens is 1. The van der Waals surface area contributed by atoms with E-state index >= 15 is 0 Å². The van der Waals surface area contributed by atoms with Gasteiger partial charge < -0.3 is 9.88 Å². The number of anilines is 3. The molecule has 6 rings (SSSR count). The molecule has 0 unspecified atom stereocenters. The molecule has 0 aliphatic rings. The molecular weight excluding hydrogens is 364 g/mol. The molecule has 0 fully saturated rings. The van der Waals surface area contributed by atoms with Crippen LogP contribution in [-0.4, -0.2) is 4.98 Å². The van der Waals surface area contributed by atoms with Crippen LogP contribution < -0.4 is 4.90 Å². The van der Waals surface area contributed by atoms with Gasteiger partial charge in [0, 0.05) is 38.9 Å². The van der Waals surface area contributed by atoms with Crippen LogP contribution in [0.5, 0.6) is 0 Å². The fraction of sp³-hybridized carbons (Fsp3) is 0. The number of nitrogens with one attached hydrogen (secondary N) is 1. The Bertz CT molecular complexity index is 1500. The van der Waals surface area contributed by atoms with E-state index in [9.17, 15) is 0 Å². The first-order valence-corrected chi connectivity index (χ1v) is 10.2. The molecule has 0 aliphatic carbocycles. The Morgan fingerprint density at radius 1 is 0.433 bits per heavy atom. The standard InChI is InChI=1S/C28H20N2/c1-2-10-22(11-3-1)30(23-15-14-20-8-4-5-9-21(20)18-23)24-16-17-28-26(19-24)25-12-6-7-13-27(25)29-28/h1-19,29H. The molecule has 0 amide bonds. The lowest BCUT2D eigenvalue weighted by atomic mass is 10.1. The molecule has 2 nitrogen and oxygen atoms in total. The summed E-state index contributed by atoms with van der Waals surface area (Å²) in [5, 5.41) is 4.98. The van der Waals surface area contributed by atoms with Gasteiger partial charge in [-0.1, -0.05) is 66.7 Å². The normalized spacial score (nSPS) is 11.3. The van der Waals surface area contributed by atoms with E-state index in [0.29, 0.717) is 0 Å². The number of fused-ring (bicyclic) bond motifs is 4. The van der Waals surface area contributed by atoms with Gasteiger partial charge in [-0.25, -0.2) is 0 Å². The summed E-state index contributed by atoms with van der Waals surface area (Å²) in [5.74, 6) is 0. The second-order valence-electron chi connectivity index (χ2n) is 7.60. The average Bonchev–Trinajstić information content (AvgIpc) is 3.18. The zero-order valence-electron chi connectivity index (χ0n) is 16.4. The average molecular weight is 384 g/mol. The summed E-state index contributed by atoms with van der Waals surface area (Å²) < 4.78 is 0. The molecular formula is C28H20N2. The van der Waals surface area contributed by atoms with Crippen molar-refractivity contribution < 1.29 is 0 Å². The van der Waals surface area contributed by atoms with Gasteiger partial charge in [-0.15, -0.1) is 0 Å². The fourth-order valence-corrected chi connectivity index (χ4v) is 4.32. The van der Waals surface area contributed by atoms with Crippen molar-refractivity contribution in [3.8, 4) is 0 Å². The number of nitrogens with zero attached hydrogens (tertiary/aromatic N) is 1. The van der Waals surface area contributed by atoms with Crippen molar-refractivity contribution in [2.75, 3.05) is 4.90 Å². The van der Waals surface area contributed by atoms with Crippen LogP contribution in [-0.2, 0) is 0 Å². The molecule has 30 heavy (non-hydrogen) atoms. The van der Waals surface area contributed by atoms with Crippen molar-refractivity contribution in [3.63, 3.8) is 0 Å². The molecule has 0 spiro atoms. The van der Waals surface area contributed by atoms with Gasteiger partial charge in [0.05, 0.1) is 0 Å². The summed E-state index contributed by atoms with van der Waals surface area (Å²) in [6.07, 6.45) is 0. The van der Waals surface area contributed by atoms with Crippen LogP contribution in [0.1, 0.15) is 0 Å². The Kier molecular flexibility index (Phi) is 3.82. The number of hydrogen-bond donors (Lipinski definition) is 1. The van der Waals surface area contributed by atoms with E-state index in [-0.39, 0.29) is 0 Å². The highest BCUT2D eigenvalue weighted by molar-refractivity contribution is 6.08. The highest BCUT2D eigenvalue weighted by Crippen LogP contribution is 2.38. The van der Waals surface area contributed by atoms with Gasteiger partial charge in [0.2, 0.25) is 0 Å². The van der Waals surface area contributed by atoms with Crippen molar-refractivity contribution in [2.45, 2.75) is 0 Å². The molecule has 2 heteroatoms. The largest absolute Gasteiger partial charge is 0.355 e. The Balaban J connectivity index is 1.59. The van der Waals surface area contributed by atoms with Crippen molar-refractivity contribution in [1.82, 2.24) is 4.98 Å². The Hall–Kier alpha value is -4.04. The maximum absolute atomic E-state index is 3.53. The summed E-state index contributed by atoms with van der Waals surface area (Å²) in [4.78, 5) is 5.86. The summed E-state index contributed by atoms with van der Waals surface area (Å²) in [6, 6.07) is 40.9. The molecule has 0 aliphatic heterocycles. The third kappa shape index (κ3) is 2.73. The van der Waals surface area contributed by atoms with E-state index in [1.54, 1.807) is 0 Å². The molecule has 142 valence electrons. The molecule has 5 aromatic carbocycles. The SMILES string of the molecule is c1ccc(N(c2ccc3ccccc3c2)c2ccc3[nH]c4ccccc4c3c2)cc1. The van der Waals surface area contributed by atoms with Gasteiger partial charge >= 0.3 is 0 Å². The van der Waals surface area contributed by atoms with Crippen LogP contribution in [0, 0.1) is 0 Å². The van der Waals surface area contributed by atoms with Gasteiger partial charge in [-0.05, 0) is 59.3 Å². The van der Waals surface area contributed by atoms with Gasteiger partial charge in [-0.3, -0.25) is 0 Å². The lowest BCUT2D eigenvalue weighted by Gasteiger charge is -2.26. The first kappa shape index (κ1) is 16.9. The summed E-state index contributed by atoms with van der Waals surface area (Å²) in [5.41, 5.74) is 5.77. The minimum atomic E-state index is 1.15. The molecule has 0 radical (unpaired) electrons. The van der Waals surface area contributed by atoms with E-state index in [1.807, 2.05) is 0 Å². The van der Waals surface area contributed by atoms with E-state index in [1.165, 1.54) is 27.1 Å². The van der Waals surface area contributed by atoms with Crippen LogP contribution in [0.15, 0.2) is 115 Å². The lowest BCUT2D eigenvalue weighted by molar-refractivity contribution is 1.29. The van der Waals surface area contributed by atoms with Gasteiger partial charge in [-0.2, -0.15) is 0 Å². The number of aromatic amines is 1. The molecule has 0 saturated carbocycles. The molecule has 6 aromatic rings. The van der Waals surface area contributed by atoms with Crippen LogP contribution in [0.3, 0.4) is 0 Å². The number of benzene rings is 5. The van der Waals surface area contributed by atoms with Gasteiger partial charge in [0.15, 0.2) is 0 Å². The van der Waals surface area contributed by atoms with Gasteiger partial charge in [0.1, 0.15) is 0 Å². The van der Waals surface area contributed by atoms with Crippen LogP contribution >= 0.6 is 0 Å². The molecule has 0 saturated heterocycles. The van der Waals surface area contributed by atoms with Crippen molar-refractivity contribution in [1.29, 1.82) is 0 Å². The number of para-hydroxylation sites is 2. The van der Waals surface area contributed by atoms with Crippen molar-refractivity contribution in [2.24, 2.45) is 0 Å². The maximum Gasteiger partial charge on any atom is 0.0469 e. The second kappa shape index (κ2) is 6.78. The molecule has 1 heterocycles. The summed E-state index contributed by atoms with van der Waals surface area (Å²) >= 11 is 0. The van der Waals surface area contributed by atoms with Crippen LogP contribution in [0.4, 0.5) is 17.1 Å². The van der Waals surface area contributed by atoms with E-state index in [2.05, 4.69) is 125 Å². The predicted molar refractivity (Wildman–Crippen MR) is 128 cm³/mol. The third-order valence-corrected chi connectivity index (χ3v) is 5.75. The Morgan fingerprint density at radius 3 is 2.00 bits per heavy atom. The summed E-state index contributed by atoms with van der Waals surface area (Å²) in [7, 11) is 0. The number of hydrogen-bond acceptors (Lipinski definition) is 1. The zero-order chi connectivity index (χ0) is 19.9. The minimum absolute atomic E-state index is 1.15. The first-order chi connectivity index (χ1) is 14.9. The highest BCUT2D eigenvalue weighted by Gasteiger charge is 2.14. The summed E-state index contributed by atoms with van der Waals surface area (Å²) in [6.45, 7) is 0. The molecule has 0 atom stereocenters. The van der Waals surface area contributed by atoms with E-state index in [0.717, 1.165) is 22.6 Å². The smallest absolute Gasteiger partial charge is 0.0469 e. The van der Waals surface area contributed by atoms with E-state index in [4.69, 9.17) is 0 Å². The minimum Gasteiger partial charge on any atom is -0.355 e. The quantitative estimate of drug-likeness (QED) is 0.328. The molecule has 1 N–H and O–H groups in total. The number of H-pyrrole nitrogens is 1. The van der Waals surface area contributed by atoms with Crippen LogP contribution in [0.2, 0.25) is 0 Å².